The van der Waals surface area contributed by atoms with E-state index in [4.69, 9.17) is 4.74 Å². The zero-order valence-electron chi connectivity index (χ0n) is 18.7. The van der Waals surface area contributed by atoms with E-state index < -0.39 is 6.04 Å². The number of piperazine rings is 1. The molecule has 0 bridgehead atoms. The number of nitrogens with one attached hydrogen (secondary N) is 1. The maximum absolute atomic E-state index is 12.7. The molecule has 1 aliphatic heterocycles. The van der Waals surface area contributed by atoms with E-state index in [1.807, 2.05) is 47.4 Å². The average molecular weight is 434 g/mol. The number of rotatable bonds is 8. The standard InChI is InChI=1S/C26H31N3O3/c1-21(27-25(30)15-12-23-10-13-24(32-2)14-11-23)26(31)29-19-17-28(18-20-29)16-6-9-22-7-4-3-5-8-22/h3-15,21H,16-20H2,1-2H3,(H,27,30)/b9-6+,15-12+. The van der Waals surface area contributed by atoms with E-state index in [9.17, 15) is 9.59 Å². The van der Waals surface area contributed by atoms with Crippen molar-refractivity contribution in [2.45, 2.75) is 13.0 Å². The molecule has 6 heteroatoms. The molecular weight excluding hydrogens is 402 g/mol. The molecule has 1 unspecified atom stereocenters. The summed E-state index contributed by atoms with van der Waals surface area (Å²) in [6.07, 6.45) is 7.44. The van der Waals surface area contributed by atoms with Gasteiger partial charge in [0, 0.05) is 38.8 Å². The predicted octanol–water partition coefficient (Wildman–Crippen LogP) is 3.07. The van der Waals surface area contributed by atoms with Crippen LogP contribution in [0.3, 0.4) is 0 Å². The third-order valence-corrected chi connectivity index (χ3v) is 5.43. The fourth-order valence-electron chi connectivity index (χ4n) is 3.54. The molecule has 168 valence electrons. The molecule has 0 aliphatic carbocycles. The lowest BCUT2D eigenvalue weighted by Gasteiger charge is -2.35. The van der Waals surface area contributed by atoms with Gasteiger partial charge in [-0.3, -0.25) is 14.5 Å². The number of amides is 2. The number of hydrogen-bond acceptors (Lipinski definition) is 4. The van der Waals surface area contributed by atoms with Crippen molar-refractivity contribution in [3.05, 3.63) is 77.9 Å². The van der Waals surface area contributed by atoms with Crippen LogP contribution in [-0.4, -0.2) is 67.5 Å². The van der Waals surface area contributed by atoms with Crippen LogP contribution in [0.25, 0.3) is 12.2 Å². The molecule has 3 rings (SSSR count). The Labute approximate surface area is 190 Å². The molecule has 1 atom stereocenters. The van der Waals surface area contributed by atoms with Crippen molar-refractivity contribution >= 4 is 24.0 Å². The van der Waals surface area contributed by atoms with Gasteiger partial charge < -0.3 is 15.0 Å². The quantitative estimate of drug-likeness (QED) is 0.650. The molecule has 1 fully saturated rings. The first-order valence-corrected chi connectivity index (χ1v) is 10.9. The number of nitrogens with zero attached hydrogens (tertiary/aromatic N) is 2. The van der Waals surface area contributed by atoms with Crippen molar-refractivity contribution in [3.8, 4) is 5.75 Å². The van der Waals surface area contributed by atoms with Gasteiger partial charge in [-0.15, -0.1) is 0 Å². The molecule has 1 heterocycles. The topological polar surface area (TPSA) is 61.9 Å². The first-order chi connectivity index (χ1) is 15.5. The van der Waals surface area contributed by atoms with Crippen molar-refractivity contribution in [2.75, 3.05) is 39.8 Å². The molecule has 0 radical (unpaired) electrons. The zero-order chi connectivity index (χ0) is 22.8. The smallest absolute Gasteiger partial charge is 0.244 e. The van der Waals surface area contributed by atoms with Gasteiger partial charge in [0.25, 0.3) is 0 Å². The van der Waals surface area contributed by atoms with Gasteiger partial charge in [-0.05, 0) is 36.3 Å². The summed E-state index contributed by atoms with van der Waals surface area (Å²) in [7, 11) is 1.61. The van der Waals surface area contributed by atoms with Gasteiger partial charge >= 0.3 is 0 Å². The minimum atomic E-state index is -0.562. The maximum Gasteiger partial charge on any atom is 0.244 e. The number of carbonyl (C=O) groups is 2. The van der Waals surface area contributed by atoms with Crippen LogP contribution in [0.1, 0.15) is 18.1 Å². The summed E-state index contributed by atoms with van der Waals surface area (Å²) < 4.78 is 5.12. The van der Waals surface area contributed by atoms with Gasteiger partial charge in [-0.25, -0.2) is 0 Å². The molecule has 6 nitrogen and oxygen atoms in total. The van der Waals surface area contributed by atoms with Crippen LogP contribution < -0.4 is 10.1 Å². The Morgan fingerprint density at radius 3 is 2.28 bits per heavy atom. The van der Waals surface area contributed by atoms with E-state index in [0.717, 1.165) is 30.9 Å². The third kappa shape index (κ3) is 7.10. The van der Waals surface area contributed by atoms with E-state index in [2.05, 4.69) is 34.5 Å². The summed E-state index contributed by atoms with van der Waals surface area (Å²) in [5.41, 5.74) is 2.07. The normalized spacial score (nSPS) is 15.8. The molecule has 2 aromatic rings. The Bertz CT molecular complexity index is 931. The Balaban J connectivity index is 1.40. The summed E-state index contributed by atoms with van der Waals surface area (Å²) in [5, 5.41) is 2.77. The first kappa shape index (κ1) is 23.3. The summed E-state index contributed by atoms with van der Waals surface area (Å²) in [6, 6.07) is 17.1. The Morgan fingerprint density at radius 2 is 1.62 bits per heavy atom. The summed E-state index contributed by atoms with van der Waals surface area (Å²) in [5.74, 6) is 0.431. The molecule has 1 aliphatic rings. The molecule has 32 heavy (non-hydrogen) atoms. The molecule has 2 amide bonds. The van der Waals surface area contributed by atoms with Crippen LogP contribution in [-0.2, 0) is 9.59 Å². The average Bonchev–Trinajstić information content (AvgIpc) is 2.83. The van der Waals surface area contributed by atoms with Crippen LogP contribution in [0.2, 0.25) is 0 Å². The van der Waals surface area contributed by atoms with E-state index >= 15 is 0 Å². The highest BCUT2D eigenvalue weighted by molar-refractivity contribution is 5.95. The zero-order valence-corrected chi connectivity index (χ0v) is 18.7. The monoisotopic (exact) mass is 433 g/mol. The highest BCUT2D eigenvalue weighted by atomic mass is 16.5. The Kier molecular flexibility index (Phi) is 8.63. The van der Waals surface area contributed by atoms with Gasteiger partial charge in [0.2, 0.25) is 11.8 Å². The van der Waals surface area contributed by atoms with Crippen LogP contribution in [0.4, 0.5) is 0 Å². The van der Waals surface area contributed by atoms with Gasteiger partial charge in [0.1, 0.15) is 11.8 Å². The summed E-state index contributed by atoms with van der Waals surface area (Å²) in [4.78, 5) is 29.1. The Hall–Kier alpha value is -3.38. The van der Waals surface area contributed by atoms with Crippen LogP contribution in [0, 0.1) is 0 Å². The molecule has 1 N–H and O–H groups in total. The molecule has 1 saturated heterocycles. The summed E-state index contributed by atoms with van der Waals surface area (Å²) in [6.45, 7) is 5.57. The number of ether oxygens (including phenoxy) is 1. The molecule has 0 spiro atoms. The lowest BCUT2D eigenvalue weighted by molar-refractivity contribution is -0.136. The largest absolute Gasteiger partial charge is 0.497 e. The van der Waals surface area contributed by atoms with E-state index in [-0.39, 0.29) is 11.8 Å². The SMILES string of the molecule is COc1ccc(/C=C/C(=O)NC(C)C(=O)N2CCN(C/C=C/c3ccccc3)CC2)cc1. The van der Waals surface area contributed by atoms with Gasteiger partial charge in [-0.2, -0.15) is 0 Å². The number of methoxy groups -OCH3 is 1. The highest BCUT2D eigenvalue weighted by Gasteiger charge is 2.25. The number of hydrogen-bond donors (Lipinski definition) is 1. The lowest BCUT2D eigenvalue weighted by atomic mass is 10.2. The van der Waals surface area contributed by atoms with Crippen LogP contribution >= 0.6 is 0 Å². The van der Waals surface area contributed by atoms with Crippen LogP contribution in [0.15, 0.2) is 66.7 Å². The minimum Gasteiger partial charge on any atom is -0.497 e. The second kappa shape index (κ2) is 11.9. The van der Waals surface area contributed by atoms with E-state index in [1.165, 1.54) is 11.6 Å². The molecule has 2 aromatic carbocycles. The molecule has 0 aromatic heterocycles. The van der Waals surface area contributed by atoms with Crippen molar-refractivity contribution in [1.82, 2.24) is 15.1 Å². The predicted molar refractivity (Wildman–Crippen MR) is 128 cm³/mol. The summed E-state index contributed by atoms with van der Waals surface area (Å²) >= 11 is 0. The van der Waals surface area contributed by atoms with E-state index in [0.29, 0.717) is 13.1 Å². The van der Waals surface area contributed by atoms with Gasteiger partial charge in [-0.1, -0.05) is 54.6 Å². The molecule has 0 saturated carbocycles. The van der Waals surface area contributed by atoms with E-state index in [1.54, 1.807) is 20.1 Å². The second-order valence-electron chi connectivity index (χ2n) is 7.78. The van der Waals surface area contributed by atoms with Crippen LogP contribution in [0.5, 0.6) is 5.75 Å². The highest BCUT2D eigenvalue weighted by Crippen LogP contribution is 2.12. The first-order valence-electron chi connectivity index (χ1n) is 10.9. The fourth-order valence-corrected chi connectivity index (χ4v) is 3.54. The minimum absolute atomic E-state index is 0.0457. The fraction of sp³-hybridized carbons (Fsp3) is 0.308. The maximum atomic E-state index is 12.7. The van der Waals surface area contributed by atoms with Crippen molar-refractivity contribution < 1.29 is 14.3 Å². The van der Waals surface area contributed by atoms with Gasteiger partial charge in [0.15, 0.2) is 0 Å². The molecular formula is C26H31N3O3. The number of carbonyl (C=O) groups excluding carboxylic acids is 2. The lowest BCUT2D eigenvalue weighted by Crippen LogP contribution is -2.54. The van der Waals surface area contributed by atoms with Crippen molar-refractivity contribution in [1.29, 1.82) is 0 Å². The van der Waals surface area contributed by atoms with Gasteiger partial charge in [0.05, 0.1) is 7.11 Å². The van der Waals surface area contributed by atoms with Crippen molar-refractivity contribution in [3.63, 3.8) is 0 Å². The van der Waals surface area contributed by atoms with Crippen molar-refractivity contribution in [2.24, 2.45) is 0 Å². The third-order valence-electron chi connectivity index (χ3n) is 5.43. The second-order valence-corrected chi connectivity index (χ2v) is 7.78. The number of benzene rings is 2. The Morgan fingerprint density at radius 1 is 0.969 bits per heavy atom.